The summed E-state index contributed by atoms with van der Waals surface area (Å²) in [5.41, 5.74) is 10.4. The van der Waals surface area contributed by atoms with Crippen LogP contribution in [0.3, 0.4) is 0 Å². The van der Waals surface area contributed by atoms with Gasteiger partial charge in [-0.3, -0.25) is 0 Å². The molecule has 0 amide bonds. The quantitative estimate of drug-likeness (QED) is 0.921. The van der Waals surface area contributed by atoms with Crippen molar-refractivity contribution >= 4 is 5.69 Å². The fourth-order valence-corrected chi connectivity index (χ4v) is 4.08. The van der Waals surface area contributed by atoms with Crippen LogP contribution >= 0.6 is 0 Å². The zero-order chi connectivity index (χ0) is 14.2. The van der Waals surface area contributed by atoms with Crippen LogP contribution in [0.2, 0.25) is 0 Å². The van der Waals surface area contributed by atoms with Gasteiger partial charge in [0.05, 0.1) is 7.11 Å². The van der Waals surface area contributed by atoms with E-state index in [9.17, 15) is 0 Å². The van der Waals surface area contributed by atoms with Crippen molar-refractivity contribution in [2.75, 3.05) is 32.1 Å². The lowest BCUT2D eigenvalue weighted by Crippen LogP contribution is -2.37. The Morgan fingerprint density at radius 1 is 1.25 bits per heavy atom. The molecule has 3 rings (SSSR count). The van der Waals surface area contributed by atoms with Gasteiger partial charge in [0.2, 0.25) is 0 Å². The van der Waals surface area contributed by atoms with Crippen molar-refractivity contribution < 1.29 is 4.74 Å². The zero-order valence-corrected chi connectivity index (χ0v) is 12.7. The number of likely N-dealkylation sites (N-methyl/N-ethyl adjacent to an activating group) is 1. The van der Waals surface area contributed by atoms with Gasteiger partial charge in [-0.2, -0.15) is 0 Å². The van der Waals surface area contributed by atoms with Crippen LogP contribution in [0.1, 0.15) is 43.2 Å². The van der Waals surface area contributed by atoms with Crippen LogP contribution in [-0.4, -0.2) is 27.2 Å². The molecule has 1 fully saturated rings. The van der Waals surface area contributed by atoms with Crippen molar-refractivity contribution in [1.82, 2.24) is 0 Å². The van der Waals surface area contributed by atoms with Crippen LogP contribution in [0.25, 0.3) is 0 Å². The van der Waals surface area contributed by atoms with E-state index in [2.05, 4.69) is 24.1 Å². The van der Waals surface area contributed by atoms with Crippen molar-refractivity contribution in [3.8, 4) is 5.75 Å². The summed E-state index contributed by atoms with van der Waals surface area (Å²) < 4.78 is 5.83. The van der Waals surface area contributed by atoms with Crippen LogP contribution in [0.5, 0.6) is 5.75 Å². The summed E-state index contributed by atoms with van der Waals surface area (Å²) in [6, 6.07) is 4.55. The molecule has 0 bridgehead atoms. The monoisotopic (exact) mass is 274 g/mol. The van der Waals surface area contributed by atoms with Crippen molar-refractivity contribution in [1.29, 1.82) is 0 Å². The predicted molar refractivity (Wildman–Crippen MR) is 83.8 cm³/mol. The van der Waals surface area contributed by atoms with E-state index in [1.807, 2.05) is 7.11 Å². The first-order chi connectivity index (χ1) is 9.72. The molecular weight excluding hydrogens is 248 g/mol. The second-order valence-electron chi connectivity index (χ2n) is 6.36. The molecular formula is C17H26N2O. The van der Waals surface area contributed by atoms with Crippen molar-refractivity contribution in [2.24, 2.45) is 5.73 Å². The molecule has 0 unspecified atom stereocenters. The number of hydrogen-bond acceptors (Lipinski definition) is 3. The molecule has 2 N–H and O–H groups in total. The molecule has 110 valence electrons. The lowest BCUT2D eigenvalue weighted by atomic mass is 9.68. The average Bonchev–Trinajstić information content (AvgIpc) is 2.88. The maximum absolute atomic E-state index is 6.20. The first-order valence-corrected chi connectivity index (χ1v) is 7.83. The number of ether oxygens (including phenoxy) is 1. The molecule has 1 saturated carbocycles. The van der Waals surface area contributed by atoms with Crippen LogP contribution in [0.15, 0.2) is 12.1 Å². The lowest BCUT2D eigenvalue weighted by molar-refractivity contribution is 0.287. The Kier molecular flexibility index (Phi) is 3.63. The highest BCUT2D eigenvalue weighted by Gasteiger charge is 2.37. The largest absolute Gasteiger partial charge is 0.496 e. The molecule has 1 aromatic rings. The van der Waals surface area contributed by atoms with Crippen LogP contribution in [-0.2, 0) is 11.8 Å². The van der Waals surface area contributed by atoms with Crippen molar-refractivity contribution in [3.63, 3.8) is 0 Å². The van der Waals surface area contributed by atoms with Gasteiger partial charge in [0, 0.05) is 42.4 Å². The Labute approximate surface area is 122 Å². The minimum atomic E-state index is 0.139. The number of anilines is 1. The molecule has 3 heteroatoms. The van der Waals surface area contributed by atoms with Gasteiger partial charge in [-0.05, 0) is 25.3 Å². The van der Waals surface area contributed by atoms with Crippen LogP contribution in [0.4, 0.5) is 5.69 Å². The highest BCUT2D eigenvalue weighted by atomic mass is 16.5. The third-order valence-electron chi connectivity index (χ3n) is 5.32. The number of benzene rings is 1. The summed E-state index contributed by atoms with van der Waals surface area (Å²) in [5.74, 6) is 1.11. The molecule has 0 atom stereocenters. The lowest BCUT2D eigenvalue weighted by Gasteiger charge is -2.38. The number of nitrogens with zero attached hydrogens (tertiary/aromatic N) is 1. The predicted octanol–water partition coefficient (Wildman–Crippen LogP) is 2.85. The highest BCUT2D eigenvalue weighted by Crippen LogP contribution is 2.47. The van der Waals surface area contributed by atoms with Crippen LogP contribution in [0, 0.1) is 0 Å². The molecule has 1 heterocycles. The summed E-state index contributed by atoms with van der Waals surface area (Å²) in [5, 5.41) is 0. The number of fused-ring (bicyclic) bond motifs is 1. The SMILES string of the molecule is COc1c(C2(CN)CCCCC2)ccc2c1CCN2C. The van der Waals surface area contributed by atoms with Gasteiger partial charge in [-0.1, -0.05) is 25.3 Å². The molecule has 3 nitrogen and oxygen atoms in total. The average molecular weight is 274 g/mol. The second kappa shape index (κ2) is 5.28. The molecule has 0 aromatic heterocycles. The van der Waals surface area contributed by atoms with E-state index in [0.29, 0.717) is 0 Å². The summed E-state index contributed by atoms with van der Waals surface area (Å²) in [4.78, 5) is 2.32. The second-order valence-corrected chi connectivity index (χ2v) is 6.36. The number of rotatable bonds is 3. The fraction of sp³-hybridized carbons (Fsp3) is 0.647. The smallest absolute Gasteiger partial charge is 0.127 e. The maximum atomic E-state index is 6.20. The number of methoxy groups -OCH3 is 1. The zero-order valence-electron chi connectivity index (χ0n) is 12.7. The van der Waals surface area contributed by atoms with E-state index in [1.165, 1.54) is 48.9 Å². The van der Waals surface area contributed by atoms with Gasteiger partial charge in [-0.25, -0.2) is 0 Å². The van der Waals surface area contributed by atoms with Crippen molar-refractivity contribution in [3.05, 3.63) is 23.3 Å². The first-order valence-electron chi connectivity index (χ1n) is 7.83. The summed E-state index contributed by atoms with van der Waals surface area (Å²) in [7, 11) is 3.97. The molecule has 2 aliphatic rings. The minimum Gasteiger partial charge on any atom is -0.496 e. The van der Waals surface area contributed by atoms with E-state index in [1.54, 1.807) is 0 Å². The molecule has 20 heavy (non-hydrogen) atoms. The van der Waals surface area contributed by atoms with Gasteiger partial charge < -0.3 is 15.4 Å². The number of hydrogen-bond donors (Lipinski definition) is 1. The molecule has 1 aromatic carbocycles. The van der Waals surface area contributed by atoms with Crippen molar-refractivity contribution in [2.45, 2.75) is 43.9 Å². The normalized spacial score (nSPS) is 20.9. The summed E-state index contributed by atoms with van der Waals surface area (Å²) in [6.07, 6.45) is 7.42. The van der Waals surface area contributed by atoms with Crippen LogP contribution < -0.4 is 15.4 Å². The fourth-order valence-electron chi connectivity index (χ4n) is 4.08. The highest BCUT2D eigenvalue weighted by molar-refractivity contribution is 5.66. The van der Waals surface area contributed by atoms with E-state index in [0.717, 1.165) is 25.3 Å². The Morgan fingerprint density at radius 2 is 2.00 bits per heavy atom. The van der Waals surface area contributed by atoms with Gasteiger partial charge in [0.1, 0.15) is 5.75 Å². The van der Waals surface area contributed by atoms with Gasteiger partial charge >= 0.3 is 0 Å². The molecule has 0 spiro atoms. The van der Waals surface area contributed by atoms with E-state index < -0.39 is 0 Å². The summed E-state index contributed by atoms with van der Waals surface area (Å²) >= 11 is 0. The third kappa shape index (κ3) is 1.99. The minimum absolute atomic E-state index is 0.139. The van der Waals surface area contributed by atoms with E-state index in [4.69, 9.17) is 10.5 Å². The van der Waals surface area contributed by atoms with E-state index >= 15 is 0 Å². The standard InChI is InChI=1S/C17H26N2O/c1-19-11-8-13-15(19)7-6-14(16(13)20-2)17(12-18)9-4-3-5-10-17/h6-7H,3-5,8-12,18H2,1-2H3. The summed E-state index contributed by atoms with van der Waals surface area (Å²) in [6.45, 7) is 1.82. The Morgan fingerprint density at radius 3 is 2.65 bits per heavy atom. The third-order valence-corrected chi connectivity index (χ3v) is 5.32. The molecule has 0 saturated heterocycles. The van der Waals surface area contributed by atoms with Gasteiger partial charge in [0.15, 0.2) is 0 Å². The number of nitrogens with two attached hydrogens (primary N) is 1. The Hall–Kier alpha value is -1.22. The maximum Gasteiger partial charge on any atom is 0.127 e. The van der Waals surface area contributed by atoms with Gasteiger partial charge in [-0.15, -0.1) is 0 Å². The molecule has 0 radical (unpaired) electrons. The molecule has 1 aliphatic heterocycles. The molecule has 1 aliphatic carbocycles. The first kappa shape index (κ1) is 13.7. The Balaban J connectivity index is 2.09. The Bertz CT molecular complexity index is 492. The van der Waals surface area contributed by atoms with Gasteiger partial charge in [0.25, 0.3) is 0 Å². The topological polar surface area (TPSA) is 38.5 Å². The van der Waals surface area contributed by atoms with E-state index in [-0.39, 0.29) is 5.41 Å².